The highest BCUT2D eigenvalue weighted by Crippen LogP contribution is 2.24. The van der Waals surface area contributed by atoms with E-state index >= 15 is 0 Å². The minimum absolute atomic E-state index is 0.400. The van der Waals surface area contributed by atoms with E-state index in [-0.39, 0.29) is 0 Å². The molecule has 5 heteroatoms. The van der Waals surface area contributed by atoms with E-state index in [4.69, 9.17) is 5.26 Å². The Kier molecular flexibility index (Phi) is 3.12. The van der Waals surface area contributed by atoms with E-state index in [0.29, 0.717) is 24.8 Å². The van der Waals surface area contributed by atoms with E-state index in [9.17, 15) is 5.26 Å². The van der Waals surface area contributed by atoms with Crippen LogP contribution in [-0.2, 0) is 6.54 Å². The van der Waals surface area contributed by atoms with Gasteiger partial charge in [0.05, 0.1) is 6.07 Å². The average molecular weight is 229 g/mol. The summed E-state index contributed by atoms with van der Waals surface area (Å²) < 4.78 is 1.78. The third-order valence-electron chi connectivity index (χ3n) is 3.01. The van der Waals surface area contributed by atoms with E-state index < -0.39 is 5.54 Å². The zero-order valence-corrected chi connectivity index (χ0v) is 9.85. The minimum atomic E-state index is -0.516. The fourth-order valence-corrected chi connectivity index (χ4v) is 1.79. The standard InChI is InChI=1S/C12H15N5/c1-12(9-14,16-10-2-3-10)4-6-17-7-5-15-11(17)8-13/h5,7,10,16H,2-4,6H2,1H3. The Hall–Kier alpha value is -1.85. The average Bonchev–Trinajstić information content (AvgIpc) is 3.01. The number of rotatable bonds is 5. The molecule has 1 saturated carbocycles. The maximum Gasteiger partial charge on any atom is 0.212 e. The van der Waals surface area contributed by atoms with Crippen LogP contribution >= 0.6 is 0 Å². The highest BCUT2D eigenvalue weighted by Gasteiger charge is 2.32. The number of imidazole rings is 1. The van der Waals surface area contributed by atoms with Crippen LogP contribution in [0.25, 0.3) is 0 Å². The number of aromatic nitrogens is 2. The van der Waals surface area contributed by atoms with E-state index in [1.807, 2.05) is 13.0 Å². The molecule has 1 atom stereocenters. The molecule has 1 heterocycles. The van der Waals surface area contributed by atoms with Gasteiger partial charge in [0.15, 0.2) is 0 Å². The zero-order chi connectivity index (χ0) is 12.3. The molecule has 2 rings (SSSR count). The normalized spacial score (nSPS) is 18.1. The van der Waals surface area contributed by atoms with Crippen molar-refractivity contribution in [1.82, 2.24) is 14.9 Å². The van der Waals surface area contributed by atoms with Crippen molar-refractivity contribution in [2.24, 2.45) is 0 Å². The smallest absolute Gasteiger partial charge is 0.212 e. The molecule has 88 valence electrons. The lowest BCUT2D eigenvalue weighted by atomic mass is 9.99. The molecule has 0 saturated heterocycles. The molecule has 1 unspecified atom stereocenters. The minimum Gasteiger partial charge on any atom is -0.323 e. The van der Waals surface area contributed by atoms with Crippen LogP contribution in [0.15, 0.2) is 12.4 Å². The van der Waals surface area contributed by atoms with Crippen molar-refractivity contribution in [2.75, 3.05) is 0 Å². The van der Waals surface area contributed by atoms with Crippen LogP contribution in [-0.4, -0.2) is 21.1 Å². The third kappa shape index (κ3) is 2.83. The number of aryl methyl sites for hydroxylation is 1. The fraction of sp³-hybridized carbons (Fsp3) is 0.583. The van der Waals surface area contributed by atoms with E-state index in [1.54, 1.807) is 17.0 Å². The van der Waals surface area contributed by atoms with Crippen molar-refractivity contribution < 1.29 is 0 Å². The van der Waals surface area contributed by atoms with Crippen LogP contribution in [0.3, 0.4) is 0 Å². The van der Waals surface area contributed by atoms with Gasteiger partial charge in [-0.05, 0) is 26.2 Å². The Bertz CT molecular complexity index is 474. The van der Waals surface area contributed by atoms with Gasteiger partial charge in [0.2, 0.25) is 5.82 Å². The summed E-state index contributed by atoms with van der Waals surface area (Å²) in [5.41, 5.74) is -0.516. The number of nitriles is 2. The first-order valence-electron chi connectivity index (χ1n) is 5.77. The molecular weight excluding hydrogens is 214 g/mol. The van der Waals surface area contributed by atoms with Gasteiger partial charge in [-0.25, -0.2) is 4.98 Å². The van der Waals surface area contributed by atoms with Crippen LogP contribution < -0.4 is 5.32 Å². The van der Waals surface area contributed by atoms with Gasteiger partial charge in [-0.1, -0.05) is 0 Å². The van der Waals surface area contributed by atoms with Crippen LogP contribution in [0.4, 0.5) is 0 Å². The Labute approximate surface area is 101 Å². The van der Waals surface area contributed by atoms with Gasteiger partial charge in [0.25, 0.3) is 0 Å². The first-order chi connectivity index (χ1) is 8.17. The summed E-state index contributed by atoms with van der Waals surface area (Å²) in [6.45, 7) is 2.54. The molecule has 0 radical (unpaired) electrons. The van der Waals surface area contributed by atoms with Crippen LogP contribution in [0.1, 0.15) is 32.0 Å². The van der Waals surface area contributed by atoms with Crippen molar-refractivity contribution in [1.29, 1.82) is 10.5 Å². The number of hydrogen-bond donors (Lipinski definition) is 1. The maximum absolute atomic E-state index is 9.21. The van der Waals surface area contributed by atoms with Crippen molar-refractivity contribution in [3.8, 4) is 12.1 Å². The van der Waals surface area contributed by atoms with Gasteiger partial charge in [0, 0.05) is 25.0 Å². The van der Waals surface area contributed by atoms with E-state index in [2.05, 4.69) is 16.4 Å². The summed E-state index contributed by atoms with van der Waals surface area (Å²) in [4.78, 5) is 3.93. The van der Waals surface area contributed by atoms with Crippen LogP contribution in [0.5, 0.6) is 0 Å². The Morgan fingerprint density at radius 1 is 1.59 bits per heavy atom. The molecule has 1 aliphatic carbocycles. The Morgan fingerprint density at radius 2 is 2.35 bits per heavy atom. The summed E-state index contributed by atoms with van der Waals surface area (Å²) >= 11 is 0. The molecule has 1 aliphatic rings. The first-order valence-corrected chi connectivity index (χ1v) is 5.77. The van der Waals surface area contributed by atoms with Gasteiger partial charge < -0.3 is 4.57 Å². The van der Waals surface area contributed by atoms with E-state index in [0.717, 1.165) is 12.8 Å². The molecule has 1 aromatic rings. The molecule has 5 nitrogen and oxygen atoms in total. The lowest BCUT2D eigenvalue weighted by Crippen LogP contribution is -2.43. The van der Waals surface area contributed by atoms with Gasteiger partial charge in [0.1, 0.15) is 11.6 Å². The topological polar surface area (TPSA) is 77.4 Å². The predicted molar refractivity (Wildman–Crippen MR) is 61.7 cm³/mol. The SMILES string of the molecule is CC(C#N)(CCn1ccnc1C#N)NC1CC1. The Balaban J connectivity index is 1.96. The maximum atomic E-state index is 9.21. The molecule has 0 aromatic carbocycles. The third-order valence-corrected chi connectivity index (χ3v) is 3.01. The van der Waals surface area contributed by atoms with Gasteiger partial charge in [-0.15, -0.1) is 0 Å². The molecule has 0 amide bonds. The van der Waals surface area contributed by atoms with Gasteiger partial charge >= 0.3 is 0 Å². The fourth-order valence-electron chi connectivity index (χ4n) is 1.79. The number of nitrogens with zero attached hydrogens (tertiary/aromatic N) is 4. The quantitative estimate of drug-likeness (QED) is 0.822. The molecule has 17 heavy (non-hydrogen) atoms. The molecule has 0 aliphatic heterocycles. The lowest BCUT2D eigenvalue weighted by molar-refractivity contribution is 0.388. The summed E-state index contributed by atoms with van der Waals surface area (Å²) in [7, 11) is 0. The zero-order valence-electron chi connectivity index (χ0n) is 9.85. The summed E-state index contributed by atoms with van der Waals surface area (Å²) in [5, 5.41) is 21.4. The summed E-state index contributed by atoms with van der Waals surface area (Å²) in [6.07, 6.45) is 6.37. The highest BCUT2D eigenvalue weighted by atomic mass is 15.1. The monoisotopic (exact) mass is 229 g/mol. The lowest BCUT2D eigenvalue weighted by Gasteiger charge is -2.23. The highest BCUT2D eigenvalue weighted by molar-refractivity contribution is 5.12. The predicted octanol–water partition coefficient (Wildman–Crippen LogP) is 1.18. The first kappa shape index (κ1) is 11.6. The van der Waals surface area contributed by atoms with Crippen molar-refractivity contribution in [3.05, 3.63) is 18.2 Å². The molecule has 1 aromatic heterocycles. The van der Waals surface area contributed by atoms with Gasteiger partial charge in [-0.3, -0.25) is 5.32 Å². The second-order valence-electron chi connectivity index (χ2n) is 4.67. The van der Waals surface area contributed by atoms with Crippen LogP contribution in [0, 0.1) is 22.7 Å². The number of hydrogen-bond acceptors (Lipinski definition) is 4. The molecule has 0 spiro atoms. The number of nitrogens with one attached hydrogen (secondary N) is 1. The van der Waals surface area contributed by atoms with Crippen molar-refractivity contribution in [2.45, 2.75) is 44.3 Å². The largest absolute Gasteiger partial charge is 0.323 e. The molecular formula is C12H15N5. The van der Waals surface area contributed by atoms with E-state index in [1.165, 1.54) is 0 Å². The van der Waals surface area contributed by atoms with Crippen LogP contribution in [0.2, 0.25) is 0 Å². The molecule has 0 bridgehead atoms. The Morgan fingerprint density at radius 3 is 2.94 bits per heavy atom. The molecule has 1 fully saturated rings. The van der Waals surface area contributed by atoms with Crippen molar-refractivity contribution in [3.63, 3.8) is 0 Å². The summed E-state index contributed by atoms with van der Waals surface area (Å²) in [6, 6.07) is 4.85. The molecule has 1 N–H and O–H groups in total. The second kappa shape index (κ2) is 4.57. The van der Waals surface area contributed by atoms with Gasteiger partial charge in [-0.2, -0.15) is 10.5 Å². The second-order valence-corrected chi connectivity index (χ2v) is 4.67. The summed E-state index contributed by atoms with van der Waals surface area (Å²) in [5.74, 6) is 0.400. The van der Waals surface area contributed by atoms with Crippen molar-refractivity contribution >= 4 is 0 Å².